The fourth-order valence-corrected chi connectivity index (χ4v) is 3.85. The predicted molar refractivity (Wildman–Crippen MR) is 107 cm³/mol. The quantitative estimate of drug-likeness (QED) is 0.647. The third-order valence-corrected chi connectivity index (χ3v) is 5.51. The maximum Gasteiger partial charge on any atom is 0.257 e. The van der Waals surface area contributed by atoms with Crippen LogP contribution in [0.15, 0.2) is 36.7 Å². The van der Waals surface area contributed by atoms with E-state index in [4.69, 9.17) is 0 Å². The second-order valence-electron chi connectivity index (χ2n) is 7.39. The SMILES string of the molecule is CCC(CO)NC(=O)c1cnn2ccc(N3CCCC3c3cc(F)ccc3F)nc12. The number of nitrogens with zero attached hydrogens (tertiary/aromatic N) is 4. The third kappa shape index (κ3) is 3.72. The van der Waals surface area contributed by atoms with Crippen LogP contribution in [0.4, 0.5) is 14.6 Å². The van der Waals surface area contributed by atoms with E-state index in [2.05, 4.69) is 15.4 Å². The van der Waals surface area contributed by atoms with Gasteiger partial charge in [-0.15, -0.1) is 0 Å². The second-order valence-corrected chi connectivity index (χ2v) is 7.39. The standard InChI is InChI=1S/C21H23F2N5O2/c1-2-14(12-29)25-21(30)16-11-24-28-9-7-19(26-20(16)28)27-8-3-4-18(27)15-10-13(22)5-6-17(15)23/h5-7,9-11,14,18,29H,2-4,8,12H2,1H3,(H,25,30). The van der Waals surface area contributed by atoms with Crippen molar-refractivity contribution in [1.29, 1.82) is 0 Å². The summed E-state index contributed by atoms with van der Waals surface area (Å²) in [4.78, 5) is 19.2. The summed E-state index contributed by atoms with van der Waals surface area (Å²) in [5.74, 6) is -0.735. The van der Waals surface area contributed by atoms with Crippen LogP contribution in [0, 0.1) is 11.6 Å². The Kier molecular flexibility index (Phi) is 5.63. The topological polar surface area (TPSA) is 82.8 Å². The molecule has 158 valence electrons. The van der Waals surface area contributed by atoms with Crippen molar-refractivity contribution in [3.63, 3.8) is 0 Å². The first-order chi connectivity index (χ1) is 14.5. The van der Waals surface area contributed by atoms with Crippen LogP contribution in [0.2, 0.25) is 0 Å². The fourth-order valence-electron chi connectivity index (χ4n) is 3.85. The fraction of sp³-hybridized carbons (Fsp3) is 0.381. The molecule has 3 heterocycles. The molecule has 0 saturated carbocycles. The van der Waals surface area contributed by atoms with Crippen LogP contribution >= 0.6 is 0 Å². The Labute approximate surface area is 172 Å². The van der Waals surface area contributed by atoms with Crippen LogP contribution in [0.5, 0.6) is 0 Å². The lowest BCUT2D eigenvalue weighted by Gasteiger charge is -2.26. The summed E-state index contributed by atoms with van der Waals surface area (Å²) in [6, 6.07) is 4.54. The molecule has 9 heteroatoms. The lowest BCUT2D eigenvalue weighted by atomic mass is 10.0. The molecule has 2 N–H and O–H groups in total. The lowest BCUT2D eigenvalue weighted by molar-refractivity contribution is 0.0916. The summed E-state index contributed by atoms with van der Waals surface area (Å²) in [6.45, 7) is 2.35. The van der Waals surface area contributed by atoms with Crippen LogP contribution in [0.25, 0.3) is 5.65 Å². The Morgan fingerprint density at radius 2 is 2.20 bits per heavy atom. The average Bonchev–Trinajstić information content (AvgIpc) is 3.40. The number of carbonyl (C=O) groups is 1. The summed E-state index contributed by atoms with van der Waals surface area (Å²) in [5, 5.41) is 16.3. The van der Waals surface area contributed by atoms with Gasteiger partial charge in [-0.1, -0.05) is 6.92 Å². The van der Waals surface area contributed by atoms with Crippen LogP contribution in [0.3, 0.4) is 0 Å². The van der Waals surface area contributed by atoms with Gasteiger partial charge in [0.05, 0.1) is 24.9 Å². The molecular formula is C21H23F2N5O2. The molecular weight excluding hydrogens is 392 g/mol. The van der Waals surface area contributed by atoms with E-state index in [1.165, 1.54) is 16.8 Å². The van der Waals surface area contributed by atoms with E-state index in [0.717, 1.165) is 18.6 Å². The first-order valence-corrected chi connectivity index (χ1v) is 9.99. The van der Waals surface area contributed by atoms with Crippen LogP contribution in [-0.2, 0) is 0 Å². The Hall–Kier alpha value is -3.07. The minimum Gasteiger partial charge on any atom is -0.394 e. The Morgan fingerprint density at radius 3 is 2.97 bits per heavy atom. The van der Waals surface area contributed by atoms with Crippen LogP contribution in [0.1, 0.15) is 48.1 Å². The number of nitrogens with one attached hydrogen (secondary N) is 1. The maximum atomic E-state index is 14.4. The first-order valence-electron chi connectivity index (χ1n) is 9.99. The van der Waals surface area contributed by atoms with Crippen molar-refractivity contribution in [2.24, 2.45) is 0 Å². The van der Waals surface area contributed by atoms with Crippen molar-refractivity contribution in [2.45, 2.75) is 38.3 Å². The largest absolute Gasteiger partial charge is 0.394 e. The van der Waals surface area contributed by atoms with Gasteiger partial charge in [0.1, 0.15) is 23.0 Å². The lowest BCUT2D eigenvalue weighted by Crippen LogP contribution is -2.36. The number of hydrogen-bond donors (Lipinski definition) is 2. The van der Waals surface area contributed by atoms with Gasteiger partial charge in [-0.3, -0.25) is 4.79 Å². The van der Waals surface area contributed by atoms with Gasteiger partial charge >= 0.3 is 0 Å². The highest BCUT2D eigenvalue weighted by Gasteiger charge is 2.30. The first kappa shape index (κ1) is 20.2. The highest BCUT2D eigenvalue weighted by molar-refractivity contribution is 5.99. The molecule has 1 aromatic carbocycles. The van der Waals surface area contributed by atoms with Gasteiger partial charge in [0, 0.05) is 18.3 Å². The molecule has 0 bridgehead atoms. The zero-order valence-electron chi connectivity index (χ0n) is 16.6. The molecule has 0 spiro atoms. The van der Waals surface area contributed by atoms with Crippen molar-refractivity contribution < 1.29 is 18.7 Å². The van der Waals surface area contributed by atoms with Crippen LogP contribution < -0.4 is 10.2 Å². The molecule has 1 saturated heterocycles. The highest BCUT2D eigenvalue weighted by atomic mass is 19.1. The van der Waals surface area contributed by atoms with Crippen molar-refractivity contribution in [3.8, 4) is 0 Å². The minimum absolute atomic E-state index is 0.158. The van der Waals surface area contributed by atoms with Crippen LogP contribution in [-0.4, -0.2) is 44.8 Å². The molecule has 1 fully saturated rings. The normalized spacial score (nSPS) is 17.5. The van der Waals surface area contributed by atoms with E-state index in [9.17, 15) is 18.7 Å². The molecule has 1 aliphatic heterocycles. The van der Waals surface area contributed by atoms with E-state index in [-0.39, 0.29) is 30.2 Å². The summed E-state index contributed by atoms with van der Waals surface area (Å²) in [7, 11) is 0. The number of amides is 1. The number of rotatable bonds is 6. The number of anilines is 1. The molecule has 2 atom stereocenters. The molecule has 1 aliphatic rings. The summed E-state index contributed by atoms with van der Waals surface area (Å²) >= 11 is 0. The molecule has 0 radical (unpaired) electrons. The number of aliphatic hydroxyl groups is 1. The smallest absolute Gasteiger partial charge is 0.257 e. The maximum absolute atomic E-state index is 14.4. The number of aromatic nitrogens is 3. The Morgan fingerprint density at radius 1 is 1.37 bits per heavy atom. The molecule has 2 unspecified atom stereocenters. The van der Waals surface area contributed by atoms with E-state index >= 15 is 0 Å². The van der Waals surface area contributed by atoms with Crippen molar-refractivity contribution >= 4 is 17.4 Å². The number of carbonyl (C=O) groups excluding carboxylic acids is 1. The van der Waals surface area contributed by atoms with Gasteiger partial charge in [-0.05, 0) is 43.5 Å². The molecule has 30 heavy (non-hydrogen) atoms. The molecule has 7 nitrogen and oxygen atoms in total. The third-order valence-electron chi connectivity index (χ3n) is 5.51. The van der Waals surface area contributed by atoms with E-state index in [1.807, 2.05) is 11.8 Å². The number of benzene rings is 1. The Balaban J connectivity index is 1.67. The summed E-state index contributed by atoms with van der Waals surface area (Å²) in [5.41, 5.74) is 0.953. The van der Waals surface area contributed by atoms with Crippen molar-refractivity contribution in [1.82, 2.24) is 19.9 Å². The van der Waals surface area contributed by atoms with Gasteiger partial charge in [-0.25, -0.2) is 18.3 Å². The zero-order chi connectivity index (χ0) is 21.3. The monoisotopic (exact) mass is 415 g/mol. The number of hydrogen-bond acceptors (Lipinski definition) is 5. The number of aliphatic hydroxyl groups excluding tert-OH is 1. The highest BCUT2D eigenvalue weighted by Crippen LogP contribution is 2.36. The molecule has 2 aromatic heterocycles. The van der Waals surface area contributed by atoms with E-state index in [1.54, 1.807) is 12.3 Å². The van der Waals surface area contributed by atoms with Gasteiger partial charge < -0.3 is 15.3 Å². The van der Waals surface area contributed by atoms with Gasteiger partial charge in [0.2, 0.25) is 0 Å². The minimum atomic E-state index is -0.481. The summed E-state index contributed by atoms with van der Waals surface area (Å²) < 4.78 is 29.6. The van der Waals surface area contributed by atoms with E-state index in [0.29, 0.717) is 36.4 Å². The molecule has 0 aliphatic carbocycles. The molecule has 3 aromatic rings. The van der Waals surface area contributed by atoms with Crippen molar-refractivity contribution in [2.75, 3.05) is 18.1 Å². The zero-order valence-corrected chi connectivity index (χ0v) is 16.6. The summed E-state index contributed by atoms with van der Waals surface area (Å²) in [6.07, 6.45) is 5.20. The second kappa shape index (κ2) is 8.35. The van der Waals surface area contributed by atoms with Crippen molar-refractivity contribution in [3.05, 3.63) is 59.4 Å². The average molecular weight is 415 g/mol. The number of halogens is 2. The Bertz CT molecular complexity index is 1070. The van der Waals surface area contributed by atoms with E-state index < -0.39 is 11.6 Å². The van der Waals surface area contributed by atoms with Gasteiger partial charge in [-0.2, -0.15) is 5.10 Å². The number of fused-ring (bicyclic) bond motifs is 1. The molecule has 1 amide bonds. The van der Waals surface area contributed by atoms with Gasteiger partial charge in [0.15, 0.2) is 5.65 Å². The molecule has 4 rings (SSSR count). The van der Waals surface area contributed by atoms with Gasteiger partial charge in [0.25, 0.3) is 5.91 Å². The predicted octanol–water partition coefficient (Wildman–Crippen LogP) is 2.85.